The summed E-state index contributed by atoms with van der Waals surface area (Å²) in [6.07, 6.45) is 1.80. The van der Waals surface area contributed by atoms with Gasteiger partial charge in [-0.3, -0.25) is 5.41 Å². The molecule has 1 heterocycles. The summed E-state index contributed by atoms with van der Waals surface area (Å²) in [7, 11) is 0. The third-order valence-corrected chi connectivity index (χ3v) is 9.41. The zero-order valence-corrected chi connectivity index (χ0v) is 27.6. The number of hydrogen-bond acceptors (Lipinski definition) is 2. The predicted molar refractivity (Wildman–Crippen MR) is 213 cm³/mol. The highest BCUT2D eigenvalue weighted by molar-refractivity contribution is 6.22. The second-order valence-corrected chi connectivity index (χ2v) is 12.6. The van der Waals surface area contributed by atoms with E-state index in [2.05, 4.69) is 84.9 Å². The van der Waals surface area contributed by atoms with Crippen LogP contribution in [0.15, 0.2) is 190 Å². The molecule has 0 unspecified atom stereocenters. The van der Waals surface area contributed by atoms with E-state index in [9.17, 15) is 5.41 Å². The van der Waals surface area contributed by atoms with Crippen molar-refractivity contribution in [3.8, 4) is 22.3 Å². The summed E-state index contributed by atoms with van der Waals surface area (Å²) in [4.78, 5) is 9.77. The minimum absolute atomic E-state index is 0.125. The molecule has 9 aromatic rings. The number of rotatable bonds is 5. The van der Waals surface area contributed by atoms with E-state index in [4.69, 9.17) is 14.4 Å². The first-order valence-corrected chi connectivity index (χ1v) is 17.0. The Morgan fingerprint density at radius 2 is 1.22 bits per heavy atom. The molecule has 0 aliphatic carbocycles. The Hall–Kier alpha value is -6.91. The highest BCUT2D eigenvalue weighted by atomic mass is 16.3. The average molecular weight is 654 g/mol. The fourth-order valence-electron chi connectivity index (χ4n) is 6.87. The Kier molecular flexibility index (Phi) is 7.60. The van der Waals surface area contributed by atoms with Crippen LogP contribution < -0.4 is 0 Å². The van der Waals surface area contributed by atoms with Gasteiger partial charge in [-0.05, 0) is 79.7 Å². The Labute approximate surface area is 295 Å². The molecule has 4 nitrogen and oxygen atoms in total. The molecular weight excluding hydrogens is 623 g/mol. The van der Waals surface area contributed by atoms with Gasteiger partial charge in [0.2, 0.25) is 0 Å². The smallest absolute Gasteiger partial charge is 0.162 e. The highest BCUT2D eigenvalue weighted by Crippen LogP contribution is 2.35. The summed E-state index contributed by atoms with van der Waals surface area (Å²) < 4.78 is 6.19. The van der Waals surface area contributed by atoms with Gasteiger partial charge in [0.1, 0.15) is 11.2 Å². The van der Waals surface area contributed by atoms with Crippen molar-refractivity contribution in [1.29, 1.82) is 5.41 Å². The first-order valence-electron chi connectivity index (χ1n) is 17.0. The molecule has 0 bridgehead atoms. The number of nitrogens with zero attached hydrogens (tertiary/aromatic N) is 2. The third-order valence-electron chi connectivity index (χ3n) is 9.41. The van der Waals surface area contributed by atoms with E-state index in [1.165, 1.54) is 32.7 Å². The van der Waals surface area contributed by atoms with Crippen molar-refractivity contribution in [1.82, 2.24) is 0 Å². The van der Waals surface area contributed by atoms with Crippen molar-refractivity contribution in [3.63, 3.8) is 0 Å². The monoisotopic (exact) mass is 653 g/mol. The van der Waals surface area contributed by atoms with E-state index in [-0.39, 0.29) is 5.84 Å². The summed E-state index contributed by atoms with van der Waals surface area (Å²) in [5, 5.41) is 16.0. The summed E-state index contributed by atoms with van der Waals surface area (Å²) in [5.74, 6) is 0.566. The van der Waals surface area contributed by atoms with E-state index in [0.29, 0.717) is 11.4 Å². The molecular formula is C47H31N3O. The lowest BCUT2D eigenvalue weighted by molar-refractivity contribution is 0.669. The molecule has 0 atom stereocenters. The molecule has 240 valence electrons. The third kappa shape index (κ3) is 5.79. The number of aliphatic imine (C=N–C) groups is 2. The van der Waals surface area contributed by atoms with Gasteiger partial charge in [-0.1, -0.05) is 146 Å². The van der Waals surface area contributed by atoms with Gasteiger partial charge in [-0.15, -0.1) is 0 Å². The molecule has 8 aromatic carbocycles. The number of para-hydroxylation sites is 1. The molecule has 4 heteroatoms. The van der Waals surface area contributed by atoms with Crippen LogP contribution in [-0.4, -0.2) is 17.9 Å². The van der Waals surface area contributed by atoms with Crippen molar-refractivity contribution in [2.75, 3.05) is 0 Å². The van der Waals surface area contributed by atoms with Gasteiger partial charge >= 0.3 is 0 Å². The maximum absolute atomic E-state index is 9.24. The molecule has 0 radical (unpaired) electrons. The molecule has 0 amide bonds. The SMILES string of the molecule is N=C(N=C(N=Cc1ccccc1)c1cccc2oc3ccccc3c12)c1cccc(-c2ccc3cccc(-c4ccc5ccccc5c4)c3c2)c1. The van der Waals surface area contributed by atoms with Crippen LogP contribution >= 0.6 is 0 Å². The average Bonchev–Trinajstić information content (AvgIpc) is 3.58. The maximum atomic E-state index is 9.24. The second kappa shape index (κ2) is 12.8. The van der Waals surface area contributed by atoms with Crippen molar-refractivity contribution >= 4 is 61.4 Å². The highest BCUT2D eigenvalue weighted by Gasteiger charge is 2.16. The van der Waals surface area contributed by atoms with Gasteiger partial charge in [-0.25, -0.2) is 9.98 Å². The van der Waals surface area contributed by atoms with Crippen molar-refractivity contribution in [3.05, 3.63) is 193 Å². The Bertz CT molecular complexity index is 2830. The molecule has 0 spiro atoms. The molecule has 0 aliphatic rings. The first-order chi connectivity index (χ1) is 25.2. The number of furan rings is 1. The van der Waals surface area contributed by atoms with E-state index in [1.54, 1.807) is 6.21 Å². The Morgan fingerprint density at radius 3 is 2.14 bits per heavy atom. The number of nitrogens with one attached hydrogen (secondary N) is 1. The molecule has 1 N–H and O–H groups in total. The van der Waals surface area contributed by atoms with E-state index in [1.807, 2.05) is 91.0 Å². The predicted octanol–water partition coefficient (Wildman–Crippen LogP) is 12.1. The van der Waals surface area contributed by atoms with Crippen molar-refractivity contribution in [2.24, 2.45) is 9.98 Å². The first kappa shape index (κ1) is 30.2. The molecule has 0 aliphatic heterocycles. The van der Waals surface area contributed by atoms with Crippen LogP contribution in [0.1, 0.15) is 16.7 Å². The topological polar surface area (TPSA) is 61.7 Å². The van der Waals surface area contributed by atoms with Crippen LogP contribution in [0.25, 0.3) is 65.7 Å². The van der Waals surface area contributed by atoms with Gasteiger partial charge in [0.15, 0.2) is 11.7 Å². The molecule has 0 saturated heterocycles. The van der Waals surface area contributed by atoms with Gasteiger partial charge in [0.25, 0.3) is 0 Å². The molecule has 1 aromatic heterocycles. The number of benzene rings is 8. The lowest BCUT2D eigenvalue weighted by Crippen LogP contribution is -2.05. The van der Waals surface area contributed by atoms with Crippen molar-refractivity contribution in [2.45, 2.75) is 0 Å². The number of hydrogen-bond donors (Lipinski definition) is 1. The summed E-state index contributed by atoms with van der Waals surface area (Å²) in [6, 6.07) is 60.1. The zero-order valence-electron chi connectivity index (χ0n) is 27.6. The van der Waals surface area contributed by atoms with Gasteiger partial charge in [0, 0.05) is 28.1 Å². The van der Waals surface area contributed by atoms with Gasteiger partial charge < -0.3 is 4.42 Å². The Morgan fingerprint density at radius 1 is 0.510 bits per heavy atom. The minimum Gasteiger partial charge on any atom is -0.456 e. The molecule has 0 fully saturated rings. The second-order valence-electron chi connectivity index (χ2n) is 12.6. The molecule has 9 rings (SSSR count). The van der Waals surface area contributed by atoms with Crippen LogP contribution in [0, 0.1) is 5.41 Å². The molecule has 0 saturated carbocycles. The van der Waals surface area contributed by atoms with Gasteiger partial charge in [0.05, 0.1) is 0 Å². The normalized spacial score (nSPS) is 12.0. The summed E-state index contributed by atoms with van der Waals surface area (Å²) >= 11 is 0. The van der Waals surface area contributed by atoms with Gasteiger partial charge in [-0.2, -0.15) is 0 Å². The molecule has 51 heavy (non-hydrogen) atoms. The summed E-state index contributed by atoms with van der Waals surface area (Å²) in [6.45, 7) is 0. The maximum Gasteiger partial charge on any atom is 0.162 e. The van der Waals surface area contributed by atoms with Crippen LogP contribution in [0.3, 0.4) is 0 Å². The lowest BCUT2D eigenvalue weighted by Gasteiger charge is -2.11. The number of fused-ring (bicyclic) bond motifs is 5. The fraction of sp³-hybridized carbons (Fsp3) is 0. The van der Waals surface area contributed by atoms with Crippen molar-refractivity contribution < 1.29 is 4.42 Å². The zero-order chi connectivity index (χ0) is 34.1. The standard InChI is InChI=1S/C47H31N3O/c48-46(50-47(49-30-31-11-2-1-3-12-31)41-20-10-22-44-45(41)40-18-6-7-21-43(40)51-44)38-17-8-16-35(28-38)36-25-24-33-15-9-19-39(42(33)29-36)37-26-23-32-13-4-5-14-34(32)27-37/h1-30,48H. The lowest BCUT2D eigenvalue weighted by atomic mass is 9.93. The number of amidine groups is 2. The quantitative estimate of drug-likeness (QED) is 0.146. The fourth-order valence-corrected chi connectivity index (χ4v) is 6.87. The van der Waals surface area contributed by atoms with E-state index in [0.717, 1.165) is 44.2 Å². The van der Waals surface area contributed by atoms with Crippen LogP contribution in [0.2, 0.25) is 0 Å². The van der Waals surface area contributed by atoms with E-state index >= 15 is 0 Å². The summed E-state index contributed by atoms with van der Waals surface area (Å²) in [5.41, 5.74) is 8.47. The van der Waals surface area contributed by atoms with Crippen LogP contribution in [0.5, 0.6) is 0 Å². The Balaban J connectivity index is 1.12. The van der Waals surface area contributed by atoms with Crippen LogP contribution in [-0.2, 0) is 0 Å². The van der Waals surface area contributed by atoms with Crippen LogP contribution in [0.4, 0.5) is 0 Å². The largest absolute Gasteiger partial charge is 0.456 e. The van der Waals surface area contributed by atoms with E-state index < -0.39 is 0 Å². The minimum atomic E-state index is 0.125.